The molecule has 1 saturated heterocycles. The van der Waals surface area contributed by atoms with Crippen molar-refractivity contribution in [1.82, 2.24) is 0 Å². The van der Waals surface area contributed by atoms with E-state index in [0.717, 1.165) is 18.9 Å². The molecule has 0 atom stereocenters. The molecular formula is C24H27N3O8. The fourth-order valence-corrected chi connectivity index (χ4v) is 3.37. The predicted octanol–water partition coefficient (Wildman–Crippen LogP) is 3.18. The highest BCUT2D eigenvalue weighted by molar-refractivity contribution is 5.99. The van der Waals surface area contributed by atoms with E-state index in [1.807, 2.05) is 11.8 Å². The number of amides is 1. The molecule has 11 nitrogen and oxygen atoms in total. The minimum atomic E-state index is -0.851. The second kappa shape index (κ2) is 12.5. The Hall–Kier alpha value is -3.99. The molecule has 0 aromatic heterocycles. The van der Waals surface area contributed by atoms with Gasteiger partial charge in [-0.15, -0.1) is 0 Å². The van der Waals surface area contributed by atoms with Gasteiger partial charge in [0.1, 0.15) is 0 Å². The van der Waals surface area contributed by atoms with Gasteiger partial charge in [0.25, 0.3) is 11.6 Å². The fraction of sp³-hybridized carbons (Fsp3) is 0.375. The van der Waals surface area contributed by atoms with Gasteiger partial charge in [-0.05, 0) is 36.8 Å². The lowest BCUT2D eigenvalue weighted by atomic mass is 10.1. The van der Waals surface area contributed by atoms with E-state index < -0.39 is 29.4 Å². The SMILES string of the molecule is CCCCOC(=O)c1ccc(NC(=O)COC(=O)c2cc([N+](=O)[O-])ccc2N2CCOCC2)cc1. The summed E-state index contributed by atoms with van der Waals surface area (Å²) in [6.45, 7) is 3.70. The molecule has 1 N–H and O–H groups in total. The number of morpholine rings is 1. The number of hydrogen-bond donors (Lipinski definition) is 1. The molecule has 1 aliphatic rings. The zero-order valence-corrected chi connectivity index (χ0v) is 19.4. The molecule has 3 rings (SSSR count). The van der Waals surface area contributed by atoms with E-state index in [1.54, 1.807) is 0 Å². The Morgan fingerprint density at radius 3 is 2.43 bits per heavy atom. The van der Waals surface area contributed by atoms with Crippen LogP contribution >= 0.6 is 0 Å². The van der Waals surface area contributed by atoms with E-state index in [2.05, 4.69) is 5.32 Å². The van der Waals surface area contributed by atoms with Crippen LogP contribution in [0.5, 0.6) is 0 Å². The maximum Gasteiger partial charge on any atom is 0.341 e. The average Bonchev–Trinajstić information content (AvgIpc) is 2.88. The summed E-state index contributed by atoms with van der Waals surface area (Å²) in [4.78, 5) is 49.4. The van der Waals surface area contributed by atoms with E-state index in [1.165, 1.54) is 36.4 Å². The summed E-state index contributed by atoms with van der Waals surface area (Å²) in [7, 11) is 0. The quantitative estimate of drug-likeness (QED) is 0.233. The normalized spacial score (nSPS) is 13.1. The summed E-state index contributed by atoms with van der Waals surface area (Å²) in [6.07, 6.45) is 1.70. The number of ether oxygens (including phenoxy) is 3. The maximum absolute atomic E-state index is 12.7. The van der Waals surface area contributed by atoms with Gasteiger partial charge in [-0.1, -0.05) is 13.3 Å². The number of unbranched alkanes of at least 4 members (excludes halogenated alkanes) is 1. The van der Waals surface area contributed by atoms with Crippen LogP contribution in [0.1, 0.15) is 40.5 Å². The standard InChI is InChI=1S/C24H27N3O8/c1-2-3-12-34-23(29)17-4-6-18(7-5-17)25-22(28)16-35-24(30)20-15-19(27(31)32)8-9-21(20)26-10-13-33-14-11-26/h4-9,15H,2-3,10-14,16H2,1H3,(H,25,28). The Kier molecular flexibility index (Phi) is 9.13. The molecule has 1 amide bonds. The molecule has 2 aromatic rings. The van der Waals surface area contributed by atoms with Crippen molar-refractivity contribution in [2.75, 3.05) is 49.7 Å². The van der Waals surface area contributed by atoms with E-state index in [9.17, 15) is 24.5 Å². The fourth-order valence-electron chi connectivity index (χ4n) is 3.37. The van der Waals surface area contributed by atoms with Crippen molar-refractivity contribution in [3.63, 3.8) is 0 Å². The second-order valence-corrected chi connectivity index (χ2v) is 7.75. The van der Waals surface area contributed by atoms with Crippen molar-refractivity contribution in [2.45, 2.75) is 19.8 Å². The smallest absolute Gasteiger partial charge is 0.341 e. The molecule has 0 aliphatic carbocycles. The van der Waals surface area contributed by atoms with Gasteiger partial charge in [0, 0.05) is 30.9 Å². The molecule has 186 valence electrons. The van der Waals surface area contributed by atoms with Crippen LogP contribution in [-0.2, 0) is 19.0 Å². The highest BCUT2D eigenvalue weighted by Crippen LogP contribution is 2.27. The Morgan fingerprint density at radius 1 is 1.06 bits per heavy atom. The number of nitrogens with one attached hydrogen (secondary N) is 1. The van der Waals surface area contributed by atoms with E-state index >= 15 is 0 Å². The summed E-state index contributed by atoms with van der Waals surface area (Å²) >= 11 is 0. The molecule has 0 saturated carbocycles. The number of hydrogen-bond acceptors (Lipinski definition) is 9. The molecule has 0 bridgehead atoms. The van der Waals surface area contributed by atoms with Crippen LogP contribution < -0.4 is 10.2 Å². The zero-order chi connectivity index (χ0) is 25.2. The first-order chi connectivity index (χ1) is 16.9. The lowest BCUT2D eigenvalue weighted by Gasteiger charge is -2.30. The van der Waals surface area contributed by atoms with Crippen molar-refractivity contribution < 1.29 is 33.5 Å². The Bertz CT molecular complexity index is 1060. The number of non-ortho nitro benzene ring substituents is 1. The Morgan fingerprint density at radius 2 is 1.77 bits per heavy atom. The van der Waals surface area contributed by atoms with Gasteiger partial charge in [-0.3, -0.25) is 14.9 Å². The number of carbonyl (C=O) groups excluding carboxylic acids is 3. The van der Waals surface area contributed by atoms with Crippen molar-refractivity contribution >= 4 is 34.9 Å². The topological polar surface area (TPSA) is 137 Å². The molecule has 1 heterocycles. The van der Waals surface area contributed by atoms with Crippen LogP contribution in [0.25, 0.3) is 0 Å². The van der Waals surface area contributed by atoms with Gasteiger partial charge in [-0.2, -0.15) is 0 Å². The van der Waals surface area contributed by atoms with Crippen LogP contribution in [0, 0.1) is 10.1 Å². The van der Waals surface area contributed by atoms with Crippen LogP contribution in [-0.4, -0.2) is 62.3 Å². The molecule has 0 spiro atoms. The first-order valence-corrected chi connectivity index (χ1v) is 11.2. The minimum absolute atomic E-state index is 0.000150. The average molecular weight is 485 g/mol. The van der Waals surface area contributed by atoms with Gasteiger partial charge in [0.05, 0.1) is 41.6 Å². The molecular weight excluding hydrogens is 458 g/mol. The number of anilines is 2. The number of nitro benzene ring substituents is 1. The second-order valence-electron chi connectivity index (χ2n) is 7.75. The number of nitrogens with zero attached hydrogens (tertiary/aromatic N) is 2. The van der Waals surface area contributed by atoms with E-state index in [-0.39, 0.29) is 11.3 Å². The Balaban J connectivity index is 1.60. The first-order valence-electron chi connectivity index (χ1n) is 11.2. The number of rotatable bonds is 10. The number of esters is 2. The van der Waals surface area contributed by atoms with Crippen LogP contribution in [0.3, 0.4) is 0 Å². The van der Waals surface area contributed by atoms with Crippen LogP contribution in [0.4, 0.5) is 17.1 Å². The molecule has 1 fully saturated rings. The van der Waals surface area contributed by atoms with Crippen molar-refractivity contribution in [3.05, 3.63) is 63.7 Å². The van der Waals surface area contributed by atoms with Gasteiger partial charge < -0.3 is 24.4 Å². The monoisotopic (exact) mass is 485 g/mol. The van der Waals surface area contributed by atoms with Crippen molar-refractivity contribution in [3.8, 4) is 0 Å². The van der Waals surface area contributed by atoms with Gasteiger partial charge in [-0.25, -0.2) is 9.59 Å². The highest BCUT2D eigenvalue weighted by atomic mass is 16.6. The van der Waals surface area contributed by atoms with E-state index in [0.29, 0.717) is 49.8 Å². The third-order valence-corrected chi connectivity index (χ3v) is 5.23. The third kappa shape index (κ3) is 7.24. The summed E-state index contributed by atoms with van der Waals surface area (Å²) in [5.74, 6) is -1.90. The number of benzene rings is 2. The number of nitro groups is 1. The van der Waals surface area contributed by atoms with E-state index in [4.69, 9.17) is 14.2 Å². The van der Waals surface area contributed by atoms with Gasteiger partial charge >= 0.3 is 11.9 Å². The minimum Gasteiger partial charge on any atom is -0.462 e. The van der Waals surface area contributed by atoms with Crippen molar-refractivity contribution in [2.24, 2.45) is 0 Å². The first kappa shape index (κ1) is 25.6. The zero-order valence-electron chi connectivity index (χ0n) is 19.4. The van der Waals surface area contributed by atoms with Crippen LogP contribution in [0.2, 0.25) is 0 Å². The Labute approximate surface area is 202 Å². The molecule has 0 unspecified atom stereocenters. The molecule has 35 heavy (non-hydrogen) atoms. The predicted molar refractivity (Wildman–Crippen MR) is 127 cm³/mol. The summed E-state index contributed by atoms with van der Waals surface area (Å²) in [6, 6.07) is 10.1. The van der Waals surface area contributed by atoms with Gasteiger partial charge in [0.2, 0.25) is 0 Å². The van der Waals surface area contributed by atoms with Gasteiger partial charge in [0.15, 0.2) is 6.61 Å². The lowest BCUT2D eigenvalue weighted by molar-refractivity contribution is -0.384. The summed E-state index contributed by atoms with van der Waals surface area (Å²) in [5, 5.41) is 13.8. The molecule has 11 heteroatoms. The molecule has 2 aromatic carbocycles. The molecule has 0 radical (unpaired) electrons. The van der Waals surface area contributed by atoms with Crippen molar-refractivity contribution in [1.29, 1.82) is 0 Å². The third-order valence-electron chi connectivity index (χ3n) is 5.23. The van der Waals surface area contributed by atoms with Crippen LogP contribution in [0.15, 0.2) is 42.5 Å². The largest absolute Gasteiger partial charge is 0.462 e. The molecule has 1 aliphatic heterocycles. The maximum atomic E-state index is 12.7. The highest BCUT2D eigenvalue weighted by Gasteiger charge is 2.23. The number of carbonyl (C=O) groups is 3. The summed E-state index contributed by atoms with van der Waals surface area (Å²) in [5.41, 5.74) is 0.977. The summed E-state index contributed by atoms with van der Waals surface area (Å²) < 4.78 is 15.6. The lowest BCUT2D eigenvalue weighted by Crippen LogP contribution is -2.37.